The maximum Gasteiger partial charge on any atom is 0.229 e. The van der Waals surface area contributed by atoms with Crippen LogP contribution >= 0.6 is 0 Å². The number of aliphatic hydroxyl groups is 1. The number of benzene rings is 2. The molecule has 3 N–H and O–H groups in total. The molecule has 0 unspecified atom stereocenters. The first-order chi connectivity index (χ1) is 16.0. The molecule has 0 atom stereocenters. The molecule has 0 bridgehead atoms. The number of hydrogen-bond donors (Lipinski definition) is 3. The van der Waals surface area contributed by atoms with E-state index in [4.69, 9.17) is 4.98 Å². The molecule has 2 aromatic carbocycles. The van der Waals surface area contributed by atoms with Gasteiger partial charge < -0.3 is 15.7 Å². The average Bonchev–Trinajstić information content (AvgIpc) is 3.11. The van der Waals surface area contributed by atoms with Gasteiger partial charge in [-0.1, -0.05) is 24.3 Å². The normalized spacial score (nSPS) is 13.8. The van der Waals surface area contributed by atoms with Gasteiger partial charge in [0.1, 0.15) is 0 Å². The Morgan fingerprint density at radius 1 is 1.06 bits per heavy atom. The Morgan fingerprint density at radius 3 is 2.67 bits per heavy atom. The molecule has 0 saturated carbocycles. The lowest BCUT2D eigenvalue weighted by atomic mass is 9.99. The molecule has 0 fully saturated rings. The van der Waals surface area contributed by atoms with Crippen molar-refractivity contribution in [3.8, 4) is 0 Å². The Balaban J connectivity index is 1.40. The van der Waals surface area contributed by atoms with Crippen molar-refractivity contribution in [2.75, 3.05) is 30.3 Å². The number of fused-ring (bicyclic) bond motifs is 2. The fourth-order valence-electron chi connectivity index (χ4n) is 4.48. The molecule has 1 aliphatic heterocycles. The molecule has 8 nitrogen and oxygen atoms in total. The maximum atomic E-state index is 9.25. The minimum absolute atomic E-state index is 0.187. The lowest BCUT2D eigenvalue weighted by molar-refractivity contribution is 0.184. The summed E-state index contributed by atoms with van der Waals surface area (Å²) in [6.07, 6.45) is 2.82. The minimum Gasteiger partial charge on any atom is -0.395 e. The van der Waals surface area contributed by atoms with Gasteiger partial charge >= 0.3 is 0 Å². The van der Waals surface area contributed by atoms with Gasteiger partial charge in [0.2, 0.25) is 5.95 Å². The number of nitrogens with one attached hydrogen (secondary N) is 2. The van der Waals surface area contributed by atoms with Gasteiger partial charge in [-0.3, -0.25) is 4.90 Å². The van der Waals surface area contributed by atoms with E-state index < -0.39 is 0 Å². The number of rotatable bonds is 6. The number of aliphatic hydroxyl groups excluding tert-OH is 1. The van der Waals surface area contributed by atoms with Gasteiger partial charge in [0.15, 0.2) is 11.5 Å². The van der Waals surface area contributed by atoms with Crippen molar-refractivity contribution in [3.63, 3.8) is 0 Å². The number of β-amino-alcohol motifs (C(OH)–C–C–N with tert-alkyl or cyclic N) is 1. The maximum absolute atomic E-state index is 9.25. The monoisotopic (exact) mass is 443 g/mol. The van der Waals surface area contributed by atoms with Gasteiger partial charge in [-0.2, -0.15) is 10.1 Å². The van der Waals surface area contributed by atoms with E-state index in [2.05, 4.69) is 75.9 Å². The fraction of sp³-hybridized carbons (Fsp3) is 0.320. The largest absolute Gasteiger partial charge is 0.395 e. The Bertz CT molecular complexity index is 1290. The van der Waals surface area contributed by atoms with Crippen LogP contribution in [0.2, 0.25) is 0 Å². The first-order valence-corrected chi connectivity index (χ1v) is 11.3. The van der Waals surface area contributed by atoms with Crippen LogP contribution in [0.15, 0.2) is 42.6 Å². The third kappa shape index (κ3) is 4.27. The second-order valence-corrected chi connectivity index (χ2v) is 8.65. The van der Waals surface area contributed by atoms with Crippen LogP contribution in [-0.4, -0.2) is 49.5 Å². The van der Waals surface area contributed by atoms with Crippen LogP contribution in [0, 0.1) is 13.8 Å². The van der Waals surface area contributed by atoms with Gasteiger partial charge in [-0.05, 0) is 54.7 Å². The molecule has 0 amide bonds. The molecule has 5 rings (SSSR count). The summed E-state index contributed by atoms with van der Waals surface area (Å²) in [6.45, 7) is 6.89. The molecule has 0 radical (unpaired) electrons. The third-order valence-electron chi connectivity index (χ3n) is 6.27. The lowest BCUT2D eigenvalue weighted by Gasteiger charge is -2.28. The second kappa shape index (κ2) is 8.80. The Hall–Kier alpha value is -3.49. The van der Waals surface area contributed by atoms with E-state index in [1.54, 1.807) is 4.68 Å². The van der Waals surface area contributed by atoms with Crippen LogP contribution < -0.4 is 10.6 Å². The topological polar surface area (TPSA) is 91.1 Å². The molecule has 170 valence electrons. The van der Waals surface area contributed by atoms with Gasteiger partial charge in [-0.25, -0.2) is 9.67 Å². The van der Waals surface area contributed by atoms with E-state index in [-0.39, 0.29) is 6.61 Å². The van der Waals surface area contributed by atoms with E-state index in [0.717, 1.165) is 58.9 Å². The molecular weight excluding hydrogens is 414 g/mol. The summed E-state index contributed by atoms with van der Waals surface area (Å²) in [4.78, 5) is 11.6. The average molecular weight is 444 g/mol. The molecule has 0 aliphatic carbocycles. The molecular formula is C25H29N7O. The molecule has 2 aromatic heterocycles. The van der Waals surface area contributed by atoms with Crippen molar-refractivity contribution < 1.29 is 5.11 Å². The fourth-order valence-corrected chi connectivity index (χ4v) is 4.48. The molecule has 1 aliphatic rings. The summed E-state index contributed by atoms with van der Waals surface area (Å²) in [5.41, 5.74) is 7.74. The molecule has 0 saturated heterocycles. The summed E-state index contributed by atoms with van der Waals surface area (Å²) in [7, 11) is 1.89. The van der Waals surface area contributed by atoms with Crippen LogP contribution in [0.25, 0.3) is 11.0 Å². The summed E-state index contributed by atoms with van der Waals surface area (Å²) in [5, 5.41) is 21.6. The summed E-state index contributed by atoms with van der Waals surface area (Å²) < 4.78 is 1.78. The highest BCUT2D eigenvalue weighted by atomic mass is 16.3. The summed E-state index contributed by atoms with van der Waals surface area (Å²) in [6, 6.07) is 12.6. The first-order valence-electron chi connectivity index (χ1n) is 11.3. The van der Waals surface area contributed by atoms with E-state index >= 15 is 0 Å². The van der Waals surface area contributed by atoms with Crippen molar-refractivity contribution in [1.29, 1.82) is 0 Å². The Labute approximate surface area is 193 Å². The van der Waals surface area contributed by atoms with Gasteiger partial charge in [0, 0.05) is 44.3 Å². The predicted molar refractivity (Wildman–Crippen MR) is 131 cm³/mol. The van der Waals surface area contributed by atoms with Crippen molar-refractivity contribution in [3.05, 3.63) is 64.8 Å². The summed E-state index contributed by atoms with van der Waals surface area (Å²) in [5.74, 6) is 1.28. The van der Waals surface area contributed by atoms with Gasteiger partial charge in [-0.15, -0.1) is 0 Å². The van der Waals surface area contributed by atoms with Crippen LogP contribution in [0.1, 0.15) is 22.3 Å². The first kappa shape index (κ1) is 21.4. The molecule has 4 aromatic rings. The van der Waals surface area contributed by atoms with Gasteiger partial charge in [0.05, 0.1) is 12.0 Å². The number of hydrogen-bond acceptors (Lipinski definition) is 7. The lowest BCUT2D eigenvalue weighted by Crippen LogP contribution is -2.32. The van der Waals surface area contributed by atoms with Crippen LogP contribution in [-0.2, 0) is 20.0 Å². The highest BCUT2D eigenvalue weighted by Crippen LogP contribution is 2.29. The highest BCUT2D eigenvalue weighted by Gasteiger charge is 2.17. The molecule has 8 heteroatoms. The number of para-hydroxylation sites is 1. The van der Waals surface area contributed by atoms with E-state index in [9.17, 15) is 5.11 Å². The Kier molecular flexibility index (Phi) is 5.70. The summed E-state index contributed by atoms with van der Waals surface area (Å²) >= 11 is 0. The van der Waals surface area contributed by atoms with Crippen molar-refractivity contribution >= 4 is 34.2 Å². The smallest absolute Gasteiger partial charge is 0.229 e. The zero-order chi connectivity index (χ0) is 22.9. The predicted octanol–water partition coefficient (Wildman–Crippen LogP) is 3.82. The van der Waals surface area contributed by atoms with Crippen LogP contribution in [0.4, 0.5) is 23.1 Å². The standard InChI is InChI=1S/C25H29N7O/c1-16-5-4-6-17(2)22(16)28-23-21-14-26-25(29-24(21)31(3)30-23)27-20-8-7-18-9-10-32(11-12-33)15-19(18)13-20/h4-8,13-14,33H,9-12,15H2,1-3H3,(H,28,30)(H,26,27,29). The second-order valence-electron chi connectivity index (χ2n) is 8.65. The third-order valence-corrected chi connectivity index (χ3v) is 6.27. The zero-order valence-corrected chi connectivity index (χ0v) is 19.3. The van der Waals surface area contributed by atoms with Gasteiger partial charge in [0.25, 0.3) is 0 Å². The Morgan fingerprint density at radius 2 is 1.88 bits per heavy atom. The molecule has 3 heterocycles. The van der Waals surface area contributed by atoms with E-state index in [1.807, 2.05) is 13.2 Å². The number of nitrogens with zero attached hydrogens (tertiary/aromatic N) is 5. The SMILES string of the molecule is Cc1cccc(C)c1Nc1nn(C)c2nc(Nc3ccc4c(c3)CN(CCO)CC4)ncc12. The number of anilines is 4. The molecule has 33 heavy (non-hydrogen) atoms. The quantitative estimate of drug-likeness (QED) is 0.417. The van der Waals surface area contributed by atoms with Crippen LogP contribution in [0.3, 0.4) is 0 Å². The highest BCUT2D eigenvalue weighted by molar-refractivity contribution is 5.90. The van der Waals surface area contributed by atoms with Crippen molar-refractivity contribution in [1.82, 2.24) is 24.6 Å². The van der Waals surface area contributed by atoms with Crippen molar-refractivity contribution in [2.45, 2.75) is 26.8 Å². The number of aryl methyl sites for hydroxylation is 3. The van der Waals surface area contributed by atoms with E-state index in [1.165, 1.54) is 11.1 Å². The van der Waals surface area contributed by atoms with Crippen LogP contribution in [0.5, 0.6) is 0 Å². The van der Waals surface area contributed by atoms with E-state index in [0.29, 0.717) is 12.5 Å². The molecule has 0 spiro atoms. The minimum atomic E-state index is 0.187. The van der Waals surface area contributed by atoms with Crippen molar-refractivity contribution in [2.24, 2.45) is 7.05 Å². The number of aromatic nitrogens is 4. The zero-order valence-electron chi connectivity index (χ0n) is 19.3.